The van der Waals surface area contributed by atoms with Crippen LogP contribution in [0.3, 0.4) is 0 Å². The van der Waals surface area contributed by atoms with Gasteiger partial charge in [0.1, 0.15) is 10.6 Å². The number of carbonyl (C=O) groups is 2. The minimum absolute atomic E-state index is 0.0378. The van der Waals surface area contributed by atoms with Gasteiger partial charge in [-0.1, -0.05) is 36.8 Å². The monoisotopic (exact) mass is 459 g/mol. The van der Waals surface area contributed by atoms with Gasteiger partial charge in [-0.15, -0.1) is 0 Å². The largest absolute Gasteiger partial charge is 0.495 e. The van der Waals surface area contributed by atoms with Crippen LogP contribution in [0.1, 0.15) is 31.2 Å². The molecular weight excluding hydrogens is 430 g/mol. The van der Waals surface area contributed by atoms with Crippen molar-refractivity contribution < 1.29 is 22.7 Å². The van der Waals surface area contributed by atoms with Crippen LogP contribution >= 0.6 is 0 Å². The van der Waals surface area contributed by atoms with Crippen LogP contribution in [0.15, 0.2) is 53.4 Å². The van der Waals surface area contributed by atoms with Crippen LogP contribution in [0.2, 0.25) is 0 Å². The van der Waals surface area contributed by atoms with Crippen molar-refractivity contribution in [2.24, 2.45) is 0 Å². The Morgan fingerprint density at radius 2 is 1.72 bits per heavy atom. The van der Waals surface area contributed by atoms with Crippen LogP contribution in [-0.2, 0) is 26.0 Å². The second-order valence-electron chi connectivity index (χ2n) is 7.64. The first-order chi connectivity index (χ1) is 15.4. The molecule has 0 aliphatic carbocycles. The number of anilines is 1. The van der Waals surface area contributed by atoms with E-state index >= 15 is 0 Å². The van der Waals surface area contributed by atoms with Gasteiger partial charge in [-0.3, -0.25) is 9.59 Å². The molecule has 8 nitrogen and oxygen atoms in total. The van der Waals surface area contributed by atoms with E-state index < -0.39 is 10.0 Å². The number of nitrogens with zero attached hydrogens (tertiary/aromatic N) is 1. The summed E-state index contributed by atoms with van der Waals surface area (Å²) in [5.74, 6) is -0.249. The molecule has 1 aliphatic rings. The number of rotatable bonds is 9. The van der Waals surface area contributed by atoms with E-state index in [1.807, 2.05) is 30.3 Å². The van der Waals surface area contributed by atoms with Gasteiger partial charge in [0.15, 0.2) is 0 Å². The van der Waals surface area contributed by atoms with Crippen LogP contribution < -0.4 is 15.4 Å². The molecule has 0 atom stereocenters. The highest BCUT2D eigenvalue weighted by atomic mass is 32.2. The number of hydrogen-bond acceptors (Lipinski definition) is 5. The Morgan fingerprint density at radius 3 is 2.41 bits per heavy atom. The van der Waals surface area contributed by atoms with E-state index in [0.29, 0.717) is 18.8 Å². The highest BCUT2D eigenvalue weighted by Crippen LogP contribution is 2.31. The number of ether oxygens (including phenoxy) is 1. The molecular formula is C23H29N3O5S. The number of nitrogens with one attached hydrogen (secondary N) is 2. The van der Waals surface area contributed by atoms with Gasteiger partial charge in [-0.25, -0.2) is 8.42 Å². The lowest BCUT2D eigenvalue weighted by Crippen LogP contribution is -2.35. The van der Waals surface area contributed by atoms with Crippen LogP contribution in [0.5, 0.6) is 5.75 Å². The van der Waals surface area contributed by atoms with Crippen LogP contribution in [0, 0.1) is 0 Å². The molecule has 2 N–H and O–H groups in total. The molecule has 2 aromatic rings. The van der Waals surface area contributed by atoms with Crippen LogP contribution in [0.25, 0.3) is 0 Å². The van der Waals surface area contributed by atoms with Crippen molar-refractivity contribution in [3.63, 3.8) is 0 Å². The second-order valence-corrected chi connectivity index (χ2v) is 9.55. The summed E-state index contributed by atoms with van der Waals surface area (Å²) in [4.78, 5) is 24.4. The number of carbonyl (C=O) groups excluding carboxylic acids is 2. The van der Waals surface area contributed by atoms with Gasteiger partial charge in [0.25, 0.3) is 0 Å². The maximum atomic E-state index is 13.1. The Morgan fingerprint density at radius 1 is 1.00 bits per heavy atom. The van der Waals surface area contributed by atoms with E-state index in [1.54, 1.807) is 6.07 Å². The summed E-state index contributed by atoms with van der Waals surface area (Å²) in [5, 5.41) is 5.43. The first-order valence-corrected chi connectivity index (χ1v) is 12.1. The van der Waals surface area contributed by atoms with Crippen molar-refractivity contribution in [1.82, 2.24) is 9.62 Å². The predicted octanol–water partition coefficient (Wildman–Crippen LogP) is 2.56. The van der Waals surface area contributed by atoms with Crippen molar-refractivity contribution in [1.29, 1.82) is 0 Å². The van der Waals surface area contributed by atoms with Crippen molar-refractivity contribution in [3.8, 4) is 5.75 Å². The van der Waals surface area contributed by atoms with E-state index in [9.17, 15) is 18.0 Å². The number of piperidine rings is 1. The second kappa shape index (κ2) is 11.1. The Bertz CT molecular complexity index is 1030. The highest BCUT2D eigenvalue weighted by molar-refractivity contribution is 7.89. The fourth-order valence-corrected chi connectivity index (χ4v) is 5.28. The molecule has 2 amide bonds. The zero-order valence-electron chi connectivity index (χ0n) is 18.2. The lowest BCUT2D eigenvalue weighted by Gasteiger charge is -2.26. The summed E-state index contributed by atoms with van der Waals surface area (Å²) in [6, 6.07) is 13.9. The van der Waals surface area contributed by atoms with Gasteiger partial charge in [-0.2, -0.15) is 4.31 Å². The van der Waals surface area contributed by atoms with E-state index in [2.05, 4.69) is 10.6 Å². The molecule has 0 spiro atoms. The maximum Gasteiger partial charge on any atom is 0.246 e. The van der Waals surface area contributed by atoms with E-state index in [0.717, 1.165) is 24.8 Å². The fourth-order valence-electron chi connectivity index (χ4n) is 3.58. The number of amides is 2. The summed E-state index contributed by atoms with van der Waals surface area (Å²) in [5.41, 5.74) is 1.26. The first-order valence-electron chi connectivity index (χ1n) is 10.7. The molecule has 0 unspecified atom stereocenters. The van der Waals surface area contributed by atoms with E-state index in [1.165, 1.54) is 23.5 Å². The van der Waals surface area contributed by atoms with Gasteiger partial charge in [0, 0.05) is 31.7 Å². The fraction of sp³-hybridized carbons (Fsp3) is 0.391. The molecule has 1 fully saturated rings. The molecule has 0 radical (unpaired) electrons. The lowest BCUT2D eigenvalue weighted by atomic mass is 10.1. The molecule has 2 aromatic carbocycles. The Kier molecular flexibility index (Phi) is 8.24. The van der Waals surface area contributed by atoms with Crippen LogP contribution in [0.4, 0.5) is 5.69 Å². The summed E-state index contributed by atoms with van der Waals surface area (Å²) in [6.07, 6.45) is 2.99. The standard InChI is InChI=1S/C23H29N3O5S/c1-31-20-11-10-19(17-21(20)32(29,30)26-14-6-3-7-15-26)25-22(27)12-13-24-23(28)16-18-8-4-2-5-9-18/h2,4-5,8-11,17H,3,6-7,12-16H2,1H3,(H,24,28)(H,25,27). The third-order valence-electron chi connectivity index (χ3n) is 5.26. The average molecular weight is 460 g/mol. The molecule has 172 valence electrons. The molecule has 0 aromatic heterocycles. The van der Waals surface area contributed by atoms with Gasteiger partial charge >= 0.3 is 0 Å². The molecule has 1 saturated heterocycles. The Hall–Kier alpha value is -2.91. The average Bonchev–Trinajstić information content (AvgIpc) is 2.80. The topological polar surface area (TPSA) is 105 Å². The zero-order valence-corrected chi connectivity index (χ0v) is 19.0. The molecule has 0 saturated carbocycles. The third-order valence-corrected chi connectivity index (χ3v) is 7.18. The number of benzene rings is 2. The predicted molar refractivity (Wildman–Crippen MR) is 122 cm³/mol. The summed E-state index contributed by atoms with van der Waals surface area (Å²) >= 11 is 0. The van der Waals surface area contributed by atoms with Gasteiger partial charge in [0.2, 0.25) is 21.8 Å². The van der Waals surface area contributed by atoms with Crippen molar-refractivity contribution in [2.75, 3.05) is 32.1 Å². The van der Waals surface area contributed by atoms with Crippen molar-refractivity contribution in [3.05, 3.63) is 54.1 Å². The minimum Gasteiger partial charge on any atom is -0.495 e. The van der Waals surface area contributed by atoms with Gasteiger partial charge in [-0.05, 0) is 36.6 Å². The van der Waals surface area contributed by atoms with Crippen molar-refractivity contribution in [2.45, 2.75) is 37.0 Å². The van der Waals surface area contributed by atoms with E-state index in [4.69, 9.17) is 4.74 Å². The Labute approximate surface area is 189 Å². The van der Waals surface area contributed by atoms with Gasteiger partial charge in [0.05, 0.1) is 13.5 Å². The quantitative estimate of drug-likeness (QED) is 0.600. The summed E-state index contributed by atoms with van der Waals surface area (Å²) in [6.45, 7) is 1.14. The maximum absolute atomic E-state index is 13.1. The molecule has 9 heteroatoms. The van der Waals surface area contributed by atoms with Gasteiger partial charge < -0.3 is 15.4 Å². The number of methoxy groups -OCH3 is 1. The first kappa shape index (κ1) is 23.7. The molecule has 3 rings (SSSR count). The number of hydrogen-bond donors (Lipinski definition) is 2. The zero-order chi connectivity index (χ0) is 23.0. The Balaban J connectivity index is 1.58. The molecule has 1 aliphatic heterocycles. The number of sulfonamides is 1. The smallest absolute Gasteiger partial charge is 0.246 e. The van der Waals surface area contributed by atoms with Crippen molar-refractivity contribution >= 4 is 27.5 Å². The van der Waals surface area contributed by atoms with E-state index in [-0.39, 0.29) is 41.8 Å². The molecule has 32 heavy (non-hydrogen) atoms. The molecule has 0 bridgehead atoms. The molecule has 1 heterocycles. The third kappa shape index (κ3) is 6.30. The normalized spacial score (nSPS) is 14.5. The summed E-state index contributed by atoms with van der Waals surface area (Å²) in [7, 11) is -2.30. The highest BCUT2D eigenvalue weighted by Gasteiger charge is 2.29. The lowest BCUT2D eigenvalue weighted by molar-refractivity contribution is -0.120. The minimum atomic E-state index is -3.72. The summed E-state index contributed by atoms with van der Waals surface area (Å²) < 4.78 is 32.9. The van der Waals surface area contributed by atoms with Crippen LogP contribution in [-0.4, -0.2) is 51.3 Å². The SMILES string of the molecule is COc1ccc(NC(=O)CCNC(=O)Cc2ccccc2)cc1S(=O)(=O)N1CCCCC1.